The van der Waals surface area contributed by atoms with Gasteiger partial charge in [-0.2, -0.15) is 0 Å². The third-order valence-corrected chi connectivity index (χ3v) is 5.01. The van der Waals surface area contributed by atoms with E-state index in [0.717, 1.165) is 12.2 Å². The van der Waals surface area contributed by atoms with Gasteiger partial charge < -0.3 is 14.3 Å². The van der Waals surface area contributed by atoms with E-state index in [4.69, 9.17) is 9.15 Å². The molecule has 5 nitrogen and oxygen atoms in total. The summed E-state index contributed by atoms with van der Waals surface area (Å²) in [5, 5.41) is 9.68. The van der Waals surface area contributed by atoms with Crippen LogP contribution in [0.4, 0.5) is 4.79 Å². The van der Waals surface area contributed by atoms with Crippen molar-refractivity contribution in [1.29, 1.82) is 0 Å². The summed E-state index contributed by atoms with van der Waals surface area (Å²) < 4.78 is 11.6. The van der Waals surface area contributed by atoms with Gasteiger partial charge in [0.2, 0.25) is 0 Å². The maximum Gasteiger partial charge on any atom is 0.409 e. The molecule has 1 saturated carbocycles. The number of hydrogen-bond acceptors (Lipinski definition) is 3. The van der Waals surface area contributed by atoms with Gasteiger partial charge in [0, 0.05) is 0 Å². The number of furan rings is 1. The number of hydrogen-bond donors (Lipinski definition) is 1. The predicted molar refractivity (Wildman–Crippen MR) is 81.5 cm³/mol. The van der Waals surface area contributed by atoms with E-state index in [2.05, 4.69) is 0 Å². The zero-order valence-electron chi connectivity index (χ0n) is 13.3. The third kappa shape index (κ3) is 2.86. The summed E-state index contributed by atoms with van der Waals surface area (Å²) in [5.41, 5.74) is -0.831. The van der Waals surface area contributed by atoms with Crippen LogP contribution < -0.4 is 0 Å². The molecule has 0 aromatic carbocycles. The molecule has 1 aromatic heterocycles. The lowest BCUT2D eigenvalue weighted by atomic mass is 9.83. The number of ether oxygens (including phenoxy) is 1. The first-order chi connectivity index (χ1) is 10.5. The molecule has 22 heavy (non-hydrogen) atoms. The standard InChI is InChI=1S/C17H25NO4/c1-17(2)18(16(19)20)13(11-12-7-4-3-5-8-12)15(22-17)14-9-6-10-21-14/h6,9-10,12-13,15H,3-5,7-8,11H2,1-2H3,(H,19,20)/t13-,15?/m0/s1. The van der Waals surface area contributed by atoms with Gasteiger partial charge in [0.25, 0.3) is 0 Å². The second-order valence-electron chi connectivity index (χ2n) is 6.96. The van der Waals surface area contributed by atoms with Crippen molar-refractivity contribution >= 4 is 6.09 Å². The van der Waals surface area contributed by atoms with Crippen LogP contribution in [0.25, 0.3) is 0 Å². The molecule has 1 unspecified atom stereocenters. The van der Waals surface area contributed by atoms with Crippen LogP contribution in [0.1, 0.15) is 64.2 Å². The van der Waals surface area contributed by atoms with Crippen molar-refractivity contribution < 1.29 is 19.1 Å². The van der Waals surface area contributed by atoms with Gasteiger partial charge >= 0.3 is 6.09 Å². The zero-order chi connectivity index (χ0) is 15.7. The fourth-order valence-electron chi connectivity index (χ4n) is 4.05. The van der Waals surface area contributed by atoms with Crippen LogP contribution in [-0.2, 0) is 4.74 Å². The van der Waals surface area contributed by atoms with Gasteiger partial charge in [-0.15, -0.1) is 0 Å². The van der Waals surface area contributed by atoms with Crippen molar-refractivity contribution in [2.45, 2.75) is 70.2 Å². The van der Waals surface area contributed by atoms with E-state index >= 15 is 0 Å². The van der Waals surface area contributed by atoms with E-state index in [1.165, 1.54) is 37.0 Å². The Morgan fingerprint density at radius 1 is 1.36 bits per heavy atom. The Morgan fingerprint density at radius 2 is 2.09 bits per heavy atom. The molecule has 1 amide bonds. The van der Waals surface area contributed by atoms with Gasteiger partial charge in [0.05, 0.1) is 12.3 Å². The summed E-state index contributed by atoms with van der Waals surface area (Å²) in [6, 6.07) is 3.52. The monoisotopic (exact) mass is 307 g/mol. The summed E-state index contributed by atoms with van der Waals surface area (Å²) >= 11 is 0. The highest BCUT2D eigenvalue weighted by molar-refractivity contribution is 5.67. The molecule has 0 spiro atoms. The Morgan fingerprint density at radius 3 is 2.68 bits per heavy atom. The summed E-state index contributed by atoms with van der Waals surface area (Å²) in [5.74, 6) is 1.30. The number of carboxylic acid groups (broad SMARTS) is 1. The lowest BCUT2D eigenvalue weighted by molar-refractivity contribution is -0.0718. The van der Waals surface area contributed by atoms with E-state index in [0.29, 0.717) is 5.92 Å². The summed E-state index contributed by atoms with van der Waals surface area (Å²) in [7, 11) is 0. The lowest BCUT2D eigenvalue weighted by Gasteiger charge is -2.33. The van der Waals surface area contributed by atoms with Gasteiger partial charge in [-0.25, -0.2) is 4.79 Å². The molecular weight excluding hydrogens is 282 g/mol. The van der Waals surface area contributed by atoms with Crippen LogP contribution in [0, 0.1) is 5.92 Å². The van der Waals surface area contributed by atoms with Crippen LogP contribution in [-0.4, -0.2) is 27.9 Å². The van der Waals surface area contributed by atoms with E-state index in [9.17, 15) is 9.90 Å². The fraction of sp³-hybridized carbons (Fsp3) is 0.706. The molecule has 2 atom stereocenters. The van der Waals surface area contributed by atoms with E-state index in [1.807, 2.05) is 26.0 Å². The van der Waals surface area contributed by atoms with Crippen LogP contribution in [0.3, 0.4) is 0 Å². The smallest absolute Gasteiger partial charge is 0.409 e. The Bertz CT molecular complexity index is 505. The molecule has 0 radical (unpaired) electrons. The highest BCUT2D eigenvalue weighted by Crippen LogP contribution is 2.45. The molecule has 1 saturated heterocycles. The largest absolute Gasteiger partial charge is 0.466 e. The number of rotatable bonds is 3. The first-order valence-corrected chi connectivity index (χ1v) is 8.22. The average molecular weight is 307 g/mol. The molecule has 5 heteroatoms. The van der Waals surface area contributed by atoms with Gasteiger partial charge in [-0.05, 0) is 38.3 Å². The molecule has 1 N–H and O–H groups in total. The molecule has 2 heterocycles. The molecule has 0 bridgehead atoms. The minimum Gasteiger partial charge on any atom is -0.466 e. The molecule has 122 valence electrons. The molecule has 3 rings (SSSR count). The van der Waals surface area contributed by atoms with Crippen molar-refractivity contribution in [2.75, 3.05) is 0 Å². The zero-order valence-corrected chi connectivity index (χ0v) is 13.3. The van der Waals surface area contributed by atoms with Crippen LogP contribution in [0.15, 0.2) is 22.8 Å². The second kappa shape index (κ2) is 5.95. The number of nitrogens with zero attached hydrogens (tertiary/aromatic N) is 1. The molecule has 2 aliphatic rings. The Labute approximate surface area is 131 Å². The summed E-state index contributed by atoms with van der Waals surface area (Å²) in [4.78, 5) is 13.3. The second-order valence-corrected chi connectivity index (χ2v) is 6.96. The minimum absolute atomic E-state index is 0.179. The van der Waals surface area contributed by atoms with Crippen molar-refractivity contribution in [1.82, 2.24) is 4.90 Å². The lowest BCUT2D eigenvalue weighted by Crippen LogP contribution is -2.47. The highest BCUT2D eigenvalue weighted by atomic mass is 16.6. The fourth-order valence-corrected chi connectivity index (χ4v) is 4.05. The van der Waals surface area contributed by atoms with Gasteiger partial charge in [0.1, 0.15) is 17.6 Å². The maximum atomic E-state index is 11.8. The first kappa shape index (κ1) is 15.4. The molecule has 1 aliphatic heterocycles. The Balaban J connectivity index is 1.86. The summed E-state index contributed by atoms with van der Waals surface area (Å²) in [6.07, 6.45) is 7.41. The molecule has 1 aliphatic carbocycles. The minimum atomic E-state index is -0.917. The van der Waals surface area contributed by atoms with Crippen LogP contribution in [0.5, 0.6) is 0 Å². The molecule has 2 fully saturated rings. The maximum absolute atomic E-state index is 11.8. The van der Waals surface area contributed by atoms with E-state index in [1.54, 1.807) is 6.26 Å². The van der Waals surface area contributed by atoms with E-state index < -0.39 is 11.8 Å². The number of amides is 1. The first-order valence-electron chi connectivity index (χ1n) is 8.22. The predicted octanol–water partition coefficient (Wildman–Crippen LogP) is 4.41. The van der Waals surface area contributed by atoms with Crippen molar-refractivity contribution in [3.8, 4) is 0 Å². The van der Waals surface area contributed by atoms with Gasteiger partial charge in [-0.3, -0.25) is 4.90 Å². The topological polar surface area (TPSA) is 62.9 Å². The van der Waals surface area contributed by atoms with Gasteiger partial charge in [-0.1, -0.05) is 32.1 Å². The average Bonchev–Trinajstić information content (AvgIpc) is 3.06. The van der Waals surface area contributed by atoms with Crippen molar-refractivity contribution in [3.05, 3.63) is 24.2 Å². The van der Waals surface area contributed by atoms with Crippen molar-refractivity contribution in [3.63, 3.8) is 0 Å². The molecular formula is C17H25NO4. The van der Waals surface area contributed by atoms with Crippen LogP contribution in [0.2, 0.25) is 0 Å². The molecule has 1 aromatic rings. The highest BCUT2D eigenvalue weighted by Gasteiger charge is 2.51. The van der Waals surface area contributed by atoms with Gasteiger partial charge in [0.15, 0.2) is 0 Å². The Hall–Kier alpha value is -1.49. The van der Waals surface area contributed by atoms with Crippen LogP contribution >= 0.6 is 0 Å². The Kier molecular flexibility index (Phi) is 4.17. The summed E-state index contributed by atoms with van der Waals surface area (Å²) in [6.45, 7) is 3.63. The SMILES string of the molecule is CC1(C)OC(c2ccco2)[C@H](CC2CCCCC2)N1C(=O)O. The quantitative estimate of drug-likeness (QED) is 0.898. The van der Waals surface area contributed by atoms with Crippen molar-refractivity contribution in [2.24, 2.45) is 5.92 Å². The number of carbonyl (C=O) groups is 1. The third-order valence-electron chi connectivity index (χ3n) is 5.01. The van der Waals surface area contributed by atoms with E-state index in [-0.39, 0.29) is 12.1 Å². The normalized spacial score (nSPS) is 28.9.